The zero-order valence-electron chi connectivity index (χ0n) is 17.9. The number of nitrogens with one attached hydrogen (secondary N) is 2. The van der Waals surface area contributed by atoms with E-state index in [1.54, 1.807) is 36.4 Å². The van der Waals surface area contributed by atoms with Crippen molar-refractivity contribution in [1.82, 2.24) is 9.97 Å². The summed E-state index contributed by atoms with van der Waals surface area (Å²) in [4.78, 5) is 22.3. The van der Waals surface area contributed by atoms with Gasteiger partial charge in [-0.15, -0.1) is 0 Å². The summed E-state index contributed by atoms with van der Waals surface area (Å²) in [7, 11) is -2.45. The number of carbonyl (C=O) groups excluding carboxylic acids is 1. The van der Waals surface area contributed by atoms with Gasteiger partial charge in [0.2, 0.25) is 0 Å². The molecule has 4 rings (SSSR count). The third-order valence-electron chi connectivity index (χ3n) is 5.00. The zero-order valence-corrected chi connectivity index (χ0v) is 18.7. The average Bonchev–Trinajstić information content (AvgIpc) is 2.85. The lowest BCUT2D eigenvalue weighted by Gasteiger charge is -2.30. The summed E-state index contributed by atoms with van der Waals surface area (Å²) >= 11 is 0. The van der Waals surface area contributed by atoms with Gasteiger partial charge in [-0.3, -0.25) is 14.5 Å². The third-order valence-corrected chi connectivity index (χ3v) is 6.41. The molecule has 10 nitrogen and oxygen atoms in total. The van der Waals surface area contributed by atoms with E-state index < -0.39 is 15.9 Å². The number of amides is 1. The molecule has 1 aliphatic rings. The molecule has 0 bridgehead atoms. The fourth-order valence-corrected chi connectivity index (χ4v) is 4.66. The van der Waals surface area contributed by atoms with Crippen molar-refractivity contribution >= 4 is 33.0 Å². The summed E-state index contributed by atoms with van der Waals surface area (Å²) in [6.45, 7) is 2.10. The number of aromatic nitrogens is 2. The van der Waals surface area contributed by atoms with Crippen LogP contribution in [0.1, 0.15) is 10.5 Å². The van der Waals surface area contributed by atoms with Crippen molar-refractivity contribution < 1.29 is 22.7 Å². The molecule has 1 aromatic heterocycles. The number of anilines is 3. The molecule has 0 radical (unpaired) electrons. The van der Waals surface area contributed by atoms with Gasteiger partial charge in [-0.2, -0.15) is 0 Å². The second kappa shape index (κ2) is 9.84. The van der Waals surface area contributed by atoms with Crippen molar-refractivity contribution in [1.29, 1.82) is 0 Å². The van der Waals surface area contributed by atoms with E-state index in [0.717, 1.165) is 0 Å². The Balaban J connectivity index is 1.67. The van der Waals surface area contributed by atoms with Gasteiger partial charge in [-0.1, -0.05) is 0 Å². The first-order chi connectivity index (χ1) is 16.0. The number of benzene rings is 2. The van der Waals surface area contributed by atoms with E-state index in [9.17, 15) is 13.2 Å². The first kappa shape index (κ1) is 22.5. The lowest BCUT2D eigenvalue weighted by atomic mass is 10.2. The van der Waals surface area contributed by atoms with Crippen LogP contribution >= 0.6 is 0 Å². The Morgan fingerprint density at radius 1 is 1.06 bits per heavy atom. The molecule has 2 heterocycles. The molecule has 0 saturated carbocycles. The van der Waals surface area contributed by atoms with E-state index in [0.29, 0.717) is 49.1 Å². The minimum absolute atomic E-state index is 0.0390. The molecule has 1 aliphatic heterocycles. The van der Waals surface area contributed by atoms with Crippen LogP contribution < -0.4 is 19.7 Å². The highest BCUT2D eigenvalue weighted by molar-refractivity contribution is 7.92. The minimum atomic E-state index is -3.99. The van der Waals surface area contributed by atoms with Crippen molar-refractivity contribution in [3.05, 3.63) is 66.7 Å². The van der Waals surface area contributed by atoms with Gasteiger partial charge >= 0.3 is 0 Å². The summed E-state index contributed by atoms with van der Waals surface area (Å²) in [5.74, 6) is 0.120. The van der Waals surface area contributed by atoms with Gasteiger partial charge in [0.05, 0.1) is 32.2 Å². The number of rotatable bonds is 7. The third kappa shape index (κ3) is 5.38. The van der Waals surface area contributed by atoms with Crippen LogP contribution in [0.4, 0.5) is 17.1 Å². The van der Waals surface area contributed by atoms with Crippen molar-refractivity contribution in [2.45, 2.75) is 4.90 Å². The number of carbonyl (C=O) groups is 1. The lowest BCUT2D eigenvalue weighted by Crippen LogP contribution is -2.37. The predicted octanol–water partition coefficient (Wildman–Crippen LogP) is 2.37. The SMILES string of the molecule is COc1ccc(NS(=O)(=O)c2cc(NC(=O)c3cnccn3)ccc2N2CCOCC2)cc1. The van der Waals surface area contributed by atoms with Crippen molar-refractivity contribution in [3.8, 4) is 5.75 Å². The topological polar surface area (TPSA) is 123 Å². The van der Waals surface area contributed by atoms with Crippen LogP contribution in [-0.4, -0.2) is 57.7 Å². The van der Waals surface area contributed by atoms with Gasteiger partial charge in [-0.25, -0.2) is 13.4 Å². The Morgan fingerprint density at radius 3 is 2.45 bits per heavy atom. The summed E-state index contributed by atoms with van der Waals surface area (Å²) in [5.41, 5.74) is 1.35. The van der Waals surface area contributed by atoms with Crippen LogP contribution in [0.2, 0.25) is 0 Å². The predicted molar refractivity (Wildman–Crippen MR) is 123 cm³/mol. The number of hydrogen-bond donors (Lipinski definition) is 2. The summed E-state index contributed by atoms with van der Waals surface area (Å²) < 4.78 is 39.9. The minimum Gasteiger partial charge on any atom is -0.497 e. The maximum absolute atomic E-state index is 13.4. The number of sulfonamides is 1. The molecule has 0 spiro atoms. The van der Waals surface area contributed by atoms with Crippen LogP contribution in [0.5, 0.6) is 5.75 Å². The number of ether oxygens (including phenoxy) is 2. The molecule has 0 unspecified atom stereocenters. The quantitative estimate of drug-likeness (QED) is 0.541. The van der Waals surface area contributed by atoms with Crippen LogP contribution in [-0.2, 0) is 14.8 Å². The first-order valence-electron chi connectivity index (χ1n) is 10.2. The number of nitrogens with zero attached hydrogens (tertiary/aromatic N) is 3. The van der Waals surface area contributed by atoms with E-state index in [2.05, 4.69) is 20.0 Å². The Morgan fingerprint density at radius 2 is 1.79 bits per heavy atom. The summed E-state index contributed by atoms with van der Waals surface area (Å²) in [6.07, 6.45) is 4.20. The van der Waals surface area contributed by atoms with Crippen LogP contribution in [0, 0.1) is 0 Å². The largest absolute Gasteiger partial charge is 0.497 e. The summed E-state index contributed by atoms with van der Waals surface area (Å²) in [5, 5.41) is 2.69. The molecule has 0 atom stereocenters. The second-order valence-electron chi connectivity index (χ2n) is 7.16. The Bertz CT molecular complexity index is 1210. The molecule has 172 valence electrons. The maximum atomic E-state index is 13.4. The zero-order chi connectivity index (χ0) is 23.3. The fourth-order valence-electron chi connectivity index (χ4n) is 3.35. The number of hydrogen-bond acceptors (Lipinski definition) is 8. The fraction of sp³-hybridized carbons (Fsp3) is 0.227. The van der Waals surface area contributed by atoms with E-state index in [4.69, 9.17) is 9.47 Å². The highest BCUT2D eigenvalue weighted by atomic mass is 32.2. The first-order valence-corrected chi connectivity index (χ1v) is 11.7. The highest BCUT2D eigenvalue weighted by Crippen LogP contribution is 2.31. The normalized spacial score (nSPS) is 13.9. The molecule has 2 N–H and O–H groups in total. The average molecular weight is 470 g/mol. The number of methoxy groups -OCH3 is 1. The van der Waals surface area contributed by atoms with Gasteiger partial charge < -0.3 is 19.7 Å². The lowest BCUT2D eigenvalue weighted by molar-refractivity contribution is 0.102. The van der Waals surface area contributed by atoms with E-state index in [-0.39, 0.29) is 10.6 Å². The van der Waals surface area contributed by atoms with Crippen LogP contribution in [0.25, 0.3) is 0 Å². The monoisotopic (exact) mass is 469 g/mol. The van der Waals surface area contributed by atoms with Gasteiger partial charge in [0.1, 0.15) is 16.3 Å². The summed E-state index contributed by atoms with van der Waals surface area (Å²) in [6, 6.07) is 11.3. The molecule has 11 heteroatoms. The van der Waals surface area contributed by atoms with E-state index in [1.165, 1.54) is 31.8 Å². The molecule has 33 heavy (non-hydrogen) atoms. The Labute approximate surface area is 191 Å². The molecule has 2 aromatic carbocycles. The molecule has 3 aromatic rings. The smallest absolute Gasteiger partial charge is 0.275 e. The van der Waals surface area contributed by atoms with Crippen LogP contribution in [0.15, 0.2) is 66.0 Å². The molecule has 1 saturated heterocycles. The Hall–Kier alpha value is -3.70. The van der Waals surface area contributed by atoms with Gasteiger partial charge in [0.15, 0.2) is 0 Å². The molecule has 0 aliphatic carbocycles. The number of morpholine rings is 1. The molecular formula is C22H23N5O5S. The van der Waals surface area contributed by atoms with Crippen molar-refractivity contribution in [2.24, 2.45) is 0 Å². The van der Waals surface area contributed by atoms with Gasteiger partial charge in [0, 0.05) is 36.9 Å². The molecule has 1 amide bonds. The van der Waals surface area contributed by atoms with Gasteiger partial charge in [0.25, 0.3) is 15.9 Å². The molecule has 1 fully saturated rings. The van der Waals surface area contributed by atoms with Gasteiger partial charge in [-0.05, 0) is 42.5 Å². The standard InChI is InChI=1S/C22H23N5O5S/c1-31-18-5-2-16(3-6-18)26-33(29,30)21-14-17(25-22(28)19-15-23-8-9-24-19)4-7-20(21)27-10-12-32-13-11-27/h2-9,14-15,26H,10-13H2,1H3,(H,25,28). The molecular weight excluding hydrogens is 446 g/mol. The Kier molecular flexibility index (Phi) is 6.71. The highest BCUT2D eigenvalue weighted by Gasteiger charge is 2.25. The van der Waals surface area contributed by atoms with Crippen LogP contribution in [0.3, 0.4) is 0 Å². The maximum Gasteiger partial charge on any atom is 0.275 e. The van der Waals surface area contributed by atoms with Crippen molar-refractivity contribution in [3.63, 3.8) is 0 Å². The van der Waals surface area contributed by atoms with Crippen molar-refractivity contribution in [2.75, 3.05) is 48.4 Å². The second-order valence-corrected chi connectivity index (χ2v) is 8.81. The van der Waals surface area contributed by atoms with E-state index >= 15 is 0 Å². The van der Waals surface area contributed by atoms with E-state index in [1.807, 2.05) is 4.90 Å².